The van der Waals surface area contributed by atoms with E-state index in [0.717, 1.165) is 38.5 Å². The van der Waals surface area contributed by atoms with Gasteiger partial charge in [0.05, 0.1) is 39.9 Å². The lowest BCUT2D eigenvalue weighted by atomic mass is 10.0. The van der Waals surface area contributed by atoms with Crippen molar-refractivity contribution >= 4 is 13.7 Å². The van der Waals surface area contributed by atoms with E-state index >= 15 is 0 Å². The predicted octanol–water partition coefficient (Wildman–Crippen LogP) is 14.1. The minimum Gasteiger partial charge on any atom is -0.387 e. The maximum absolute atomic E-state index is 12.9. The number of aliphatic hydroxyl groups excluding tert-OH is 1. The average Bonchev–Trinajstić information content (AvgIpc) is 3.17. The Kier molecular flexibility index (Phi) is 40.6. The van der Waals surface area contributed by atoms with E-state index in [1.54, 1.807) is 6.08 Å². The van der Waals surface area contributed by atoms with Gasteiger partial charge in [0.15, 0.2) is 0 Å². The molecule has 344 valence electrons. The number of amides is 1. The van der Waals surface area contributed by atoms with E-state index in [-0.39, 0.29) is 19.1 Å². The van der Waals surface area contributed by atoms with Crippen LogP contribution in [0.4, 0.5) is 0 Å². The molecule has 0 heterocycles. The van der Waals surface area contributed by atoms with Gasteiger partial charge in [-0.2, -0.15) is 0 Å². The second kappa shape index (κ2) is 41.3. The molecule has 0 saturated heterocycles. The minimum atomic E-state index is -4.34. The number of nitrogens with zero attached hydrogens (tertiary/aromatic N) is 1. The third-order valence-electron chi connectivity index (χ3n) is 11.2. The molecule has 0 aliphatic carbocycles. The van der Waals surface area contributed by atoms with Crippen molar-refractivity contribution in [2.75, 3.05) is 40.9 Å². The zero-order valence-electron chi connectivity index (χ0n) is 39.0. The molecule has 3 N–H and O–H groups in total. The zero-order valence-corrected chi connectivity index (χ0v) is 39.9. The fourth-order valence-electron chi connectivity index (χ4n) is 7.21. The van der Waals surface area contributed by atoms with Gasteiger partial charge in [0.1, 0.15) is 13.2 Å². The highest BCUT2D eigenvalue weighted by Gasteiger charge is 2.27. The number of quaternary nitrogens is 1. The second-order valence-corrected chi connectivity index (χ2v) is 19.6. The van der Waals surface area contributed by atoms with Crippen molar-refractivity contribution in [2.24, 2.45) is 0 Å². The summed E-state index contributed by atoms with van der Waals surface area (Å²) in [6, 6.07) is -0.846. The van der Waals surface area contributed by atoms with Crippen LogP contribution in [0.1, 0.15) is 232 Å². The van der Waals surface area contributed by atoms with Gasteiger partial charge in [-0.15, -0.1) is 0 Å². The number of hydrogen-bond donors (Lipinski definition) is 3. The molecular formula is C49H98N2O6P+. The predicted molar refractivity (Wildman–Crippen MR) is 249 cm³/mol. The first-order valence-corrected chi connectivity index (χ1v) is 26.2. The first-order chi connectivity index (χ1) is 28.0. The molecule has 0 spiro atoms. The van der Waals surface area contributed by atoms with Gasteiger partial charge >= 0.3 is 7.82 Å². The number of phosphoric ester groups is 1. The molecule has 0 radical (unpaired) electrons. The Bertz CT molecular complexity index is 1000. The monoisotopic (exact) mass is 842 g/mol. The summed E-state index contributed by atoms with van der Waals surface area (Å²) >= 11 is 0. The molecule has 3 unspecified atom stereocenters. The Morgan fingerprint density at radius 2 is 0.931 bits per heavy atom. The summed E-state index contributed by atoms with van der Waals surface area (Å²) in [6.07, 6.45) is 49.6. The number of allylic oxidation sites excluding steroid dienone is 3. The molecule has 9 heteroatoms. The Morgan fingerprint density at radius 1 is 0.569 bits per heavy atom. The number of phosphoric acid groups is 1. The molecule has 0 aromatic rings. The molecule has 0 bridgehead atoms. The third kappa shape index (κ3) is 43.1. The van der Waals surface area contributed by atoms with Crippen LogP contribution in [-0.4, -0.2) is 73.4 Å². The van der Waals surface area contributed by atoms with Crippen molar-refractivity contribution in [3.8, 4) is 0 Å². The number of rotatable bonds is 45. The van der Waals surface area contributed by atoms with Crippen molar-refractivity contribution in [1.82, 2.24) is 5.32 Å². The summed E-state index contributed by atoms with van der Waals surface area (Å²) in [5, 5.41) is 13.9. The first kappa shape index (κ1) is 57.0. The Labute approximate surface area is 360 Å². The normalized spacial score (nSPS) is 14.4. The van der Waals surface area contributed by atoms with Crippen LogP contribution in [0.5, 0.6) is 0 Å². The fourth-order valence-corrected chi connectivity index (χ4v) is 7.95. The van der Waals surface area contributed by atoms with Crippen LogP contribution in [0, 0.1) is 0 Å². The number of carbonyl (C=O) groups excluding carboxylic acids is 1. The molecule has 0 fully saturated rings. The fraction of sp³-hybridized carbons (Fsp3) is 0.898. The lowest BCUT2D eigenvalue weighted by molar-refractivity contribution is -0.870. The van der Waals surface area contributed by atoms with Gasteiger partial charge < -0.3 is 19.8 Å². The Hall–Kier alpha value is -1.02. The SMILES string of the molecule is CCCCCCCC/C=C\CCCCCCCCCC(=O)NC(COP(=O)(O)OCC[N+](C)(C)C)C(O)/C=C/CCCCCCCCCCCCCCCCCCC. The quantitative estimate of drug-likeness (QED) is 0.0244. The van der Waals surface area contributed by atoms with Gasteiger partial charge in [-0.1, -0.05) is 205 Å². The van der Waals surface area contributed by atoms with Crippen molar-refractivity contribution in [1.29, 1.82) is 0 Å². The van der Waals surface area contributed by atoms with E-state index in [9.17, 15) is 19.4 Å². The number of hydrogen-bond acceptors (Lipinski definition) is 5. The summed E-state index contributed by atoms with van der Waals surface area (Å²) < 4.78 is 23.6. The van der Waals surface area contributed by atoms with Crippen LogP contribution in [0.15, 0.2) is 24.3 Å². The van der Waals surface area contributed by atoms with Crippen LogP contribution in [0.3, 0.4) is 0 Å². The first-order valence-electron chi connectivity index (χ1n) is 24.7. The highest BCUT2D eigenvalue weighted by Crippen LogP contribution is 2.43. The summed E-state index contributed by atoms with van der Waals surface area (Å²) in [7, 11) is 1.58. The van der Waals surface area contributed by atoms with Gasteiger partial charge in [0, 0.05) is 6.42 Å². The molecule has 0 saturated carbocycles. The average molecular weight is 842 g/mol. The Balaban J connectivity index is 4.35. The van der Waals surface area contributed by atoms with Crippen molar-refractivity contribution in [2.45, 2.75) is 244 Å². The van der Waals surface area contributed by atoms with Crippen molar-refractivity contribution < 1.29 is 32.9 Å². The molecule has 3 atom stereocenters. The van der Waals surface area contributed by atoms with E-state index < -0.39 is 20.0 Å². The van der Waals surface area contributed by atoms with Gasteiger partial charge in [-0.05, 0) is 44.9 Å². The maximum atomic E-state index is 12.9. The van der Waals surface area contributed by atoms with Gasteiger partial charge in [0.25, 0.3) is 0 Å². The lowest BCUT2D eigenvalue weighted by Gasteiger charge is -2.25. The van der Waals surface area contributed by atoms with Crippen LogP contribution in [-0.2, 0) is 18.4 Å². The molecular weight excluding hydrogens is 744 g/mol. The van der Waals surface area contributed by atoms with E-state index in [1.807, 2.05) is 27.2 Å². The molecule has 8 nitrogen and oxygen atoms in total. The molecule has 0 aromatic heterocycles. The van der Waals surface area contributed by atoms with E-state index in [1.165, 1.54) is 173 Å². The maximum Gasteiger partial charge on any atom is 0.472 e. The summed E-state index contributed by atoms with van der Waals surface area (Å²) in [5.41, 5.74) is 0. The summed E-state index contributed by atoms with van der Waals surface area (Å²) in [4.78, 5) is 23.2. The molecule has 0 aliphatic rings. The Morgan fingerprint density at radius 3 is 1.33 bits per heavy atom. The minimum absolute atomic E-state index is 0.0620. The number of aliphatic hydroxyl groups is 1. The largest absolute Gasteiger partial charge is 0.472 e. The zero-order chi connectivity index (χ0) is 42.8. The van der Waals surface area contributed by atoms with Gasteiger partial charge in [0.2, 0.25) is 5.91 Å². The molecule has 58 heavy (non-hydrogen) atoms. The topological polar surface area (TPSA) is 105 Å². The van der Waals surface area contributed by atoms with Crippen molar-refractivity contribution in [3.05, 3.63) is 24.3 Å². The molecule has 0 aliphatic heterocycles. The summed E-state index contributed by atoms with van der Waals surface area (Å²) in [5.74, 6) is -0.180. The van der Waals surface area contributed by atoms with E-state index in [0.29, 0.717) is 17.4 Å². The van der Waals surface area contributed by atoms with Crippen LogP contribution in [0.2, 0.25) is 0 Å². The smallest absolute Gasteiger partial charge is 0.387 e. The van der Waals surface area contributed by atoms with E-state index in [4.69, 9.17) is 9.05 Å². The van der Waals surface area contributed by atoms with Crippen molar-refractivity contribution in [3.63, 3.8) is 0 Å². The molecule has 0 aromatic carbocycles. The highest BCUT2D eigenvalue weighted by atomic mass is 31.2. The molecule has 1 amide bonds. The van der Waals surface area contributed by atoms with Crippen LogP contribution < -0.4 is 5.32 Å². The van der Waals surface area contributed by atoms with Crippen LogP contribution >= 0.6 is 7.82 Å². The van der Waals surface area contributed by atoms with Crippen LogP contribution in [0.25, 0.3) is 0 Å². The summed E-state index contributed by atoms with van der Waals surface area (Å²) in [6.45, 7) is 4.83. The number of likely N-dealkylation sites (N-methyl/N-ethyl adjacent to an activating group) is 1. The highest BCUT2D eigenvalue weighted by molar-refractivity contribution is 7.47. The molecule has 0 rings (SSSR count). The number of carbonyl (C=O) groups is 1. The van der Waals surface area contributed by atoms with Gasteiger partial charge in [-0.25, -0.2) is 4.57 Å². The van der Waals surface area contributed by atoms with Gasteiger partial charge in [-0.3, -0.25) is 13.8 Å². The lowest BCUT2D eigenvalue weighted by Crippen LogP contribution is -2.45. The second-order valence-electron chi connectivity index (χ2n) is 18.2. The van der Waals surface area contributed by atoms with E-state index in [2.05, 4.69) is 31.3 Å². The standard InChI is InChI=1S/C49H97N2O6P/c1-6-8-10-12-14-16-18-20-22-24-25-27-28-30-32-34-36-38-40-42-48(52)47(46-57-58(54,55)56-45-44-51(3,4)5)50-49(53)43-41-39-37-35-33-31-29-26-23-21-19-17-15-13-11-9-7-2/h21,23,40,42,47-48,52H,6-20,22,24-39,41,43-46H2,1-5H3,(H-,50,53,54,55)/p+1/b23-21-,42-40+. The number of nitrogens with one attached hydrogen (secondary N) is 1. The number of unbranched alkanes of at least 4 members (excludes halogenated alkanes) is 30. The third-order valence-corrected chi connectivity index (χ3v) is 12.1.